The van der Waals surface area contributed by atoms with E-state index in [2.05, 4.69) is 0 Å². The summed E-state index contributed by atoms with van der Waals surface area (Å²) < 4.78 is 25.8. The Morgan fingerprint density at radius 3 is 2.58 bits per heavy atom. The van der Waals surface area contributed by atoms with Crippen LogP contribution < -0.4 is 11.5 Å². The van der Waals surface area contributed by atoms with Gasteiger partial charge in [-0.1, -0.05) is 0 Å². The molecule has 0 radical (unpaired) electrons. The van der Waals surface area contributed by atoms with Crippen molar-refractivity contribution in [2.45, 2.75) is 17.4 Å². The molecular formula is C11H15N3O4S. The highest BCUT2D eigenvalue weighted by atomic mass is 32.2. The van der Waals surface area contributed by atoms with Gasteiger partial charge in [0.2, 0.25) is 15.9 Å². The second-order valence-corrected chi connectivity index (χ2v) is 6.33. The van der Waals surface area contributed by atoms with Crippen LogP contribution in [-0.4, -0.2) is 42.9 Å². The molecule has 1 atom stereocenters. The van der Waals surface area contributed by atoms with Gasteiger partial charge in [0.15, 0.2) is 0 Å². The number of benzene rings is 1. The van der Waals surface area contributed by atoms with E-state index in [-0.39, 0.29) is 29.2 Å². The number of nitrogens with two attached hydrogens (primary N) is 2. The van der Waals surface area contributed by atoms with Gasteiger partial charge in [-0.25, -0.2) is 8.42 Å². The molecule has 0 aromatic heterocycles. The lowest BCUT2D eigenvalue weighted by atomic mass is 10.2. The maximum absolute atomic E-state index is 12.3. The van der Waals surface area contributed by atoms with E-state index < -0.39 is 22.0 Å². The number of rotatable bonds is 3. The van der Waals surface area contributed by atoms with Gasteiger partial charge in [0.1, 0.15) is 4.90 Å². The number of primary amides is 1. The predicted molar refractivity (Wildman–Crippen MR) is 68.8 cm³/mol. The Balaban J connectivity index is 2.38. The predicted octanol–water partition coefficient (Wildman–Crippen LogP) is -0.877. The average Bonchev–Trinajstić information content (AvgIpc) is 2.76. The van der Waals surface area contributed by atoms with Gasteiger partial charge < -0.3 is 16.6 Å². The molecule has 104 valence electrons. The molecular weight excluding hydrogens is 270 g/mol. The first kappa shape index (κ1) is 13.8. The summed E-state index contributed by atoms with van der Waals surface area (Å²) in [7, 11) is -3.75. The van der Waals surface area contributed by atoms with E-state index >= 15 is 0 Å². The van der Waals surface area contributed by atoms with E-state index in [1.54, 1.807) is 0 Å². The maximum Gasteiger partial charge on any atom is 0.248 e. The first-order valence-corrected chi connectivity index (χ1v) is 7.14. The van der Waals surface area contributed by atoms with E-state index in [0.29, 0.717) is 6.42 Å². The standard InChI is InChI=1S/C11H15N3O4S/c12-9-5-7(11(13)16)1-2-10(9)19(17,18)14-4-3-8(15)6-14/h1-2,5,8,15H,3-4,6,12H2,(H2,13,16). The zero-order valence-electron chi connectivity index (χ0n) is 10.1. The summed E-state index contributed by atoms with van der Waals surface area (Å²) in [6.45, 7) is 0.305. The third-order valence-electron chi connectivity index (χ3n) is 3.04. The van der Waals surface area contributed by atoms with Crippen molar-refractivity contribution in [3.8, 4) is 0 Å². The van der Waals surface area contributed by atoms with Gasteiger partial charge in [-0.05, 0) is 24.6 Å². The van der Waals surface area contributed by atoms with E-state index in [1.807, 2.05) is 0 Å². The fraction of sp³-hybridized carbons (Fsp3) is 0.364. The molecule has 0 saturated carbocycles. The van der Waals surface area contributed by atoms with Crippen molar-refractivity contribution in [3.05, 3.63) is 23.8 Å². The number of aliphatic hydroxyl groups is 1. The number of amides is 1. The first-order chi connectivity index (χ1) is 8.82. The molecule has 1 aliphatic heterocycles. The van der Waals surface area contributed by atoms with Gasteiger partial charge in [0.25, 0.3) is 0 Å². The summed E-state index contributed by atoms with van der Waals surface area (Å²) in [5.74, 6) is -0.674. The highest BCUT2D eigenvalue weighted by molar-refractivity contribution is 7.89. The average molecular weight is 285 g/mol. The highest BCUT2D eigenvalue weighted by Gasteiger charge is 2.32. The molecule has 1 fully saturated rings. The summed E-state index contributed by atoms with van der Waals surface area (Å²) in [6, 6.07) is 3.81. The molecule has 0 aliphatic carbocycles. The summed E-state index contributed by atoms with van der Waals surface area (Å²) in [5, 5.41) is 9.40. The topological polar surface area (TPSA) is 127 Å². The number of β-amino-alcohol motifs (C(OH)–C–C–N with tert-alkyl or cyclic N) is 1. The second-order valence-electron chi connectivity index (χ2n) is 4.42. The second kappa shape index (κ2) is 4.80. The first-order valence-electron chi connectivity index (χ1n) is 5.70. The zero-order valence-corrected chi connectivity index (χ0v) is 10.9. The molecule has 19 heavy (non-hydrogen) atoms. The van der Waals surface area contributed by atoms with E-state index in [9.17, 15) is 18.3 Å². The van der Waals surface area contributed by atoms with E-state index in [0.717, 1.165) is 0 Å². The van der Waals surface area contributed by atoms with Gasteiger partial charge in [-0.2, -0.15) is 4.31 Å². The minimum Gasteiger partial charge on any atom is -0.398 e. The molecule has 7 nitrogen and oxygen atoms in total. The lowest BCUT2D eigenvalue weighted by Gasteiger charge is -2.17. The number of hydrogen-bond acceptors (Lipinski definition) is 5. The van der Waals surface area contributed by atoms with Crippen molar-refractivity contribution < 1.29 is 18.3 Å². The van der Waals surface area contributed by atoms with Crippen molar-refractivity contribution in [1.29, 1.82) is 0 Å². The normalized spacial score (nSPS) is 20.6. The number of hydrogen-bond donors (Lipinski definition) is 3. The lowest BCUT2D eigenvalue weighted by molar-refractivity contribution is 0.1000. The zero-order chi connectivity index (χ0) is 14.2. The van der Waals surface area contributed by atoms with Crippen LogP contribution >= 0.6 is 0 Å². The van der Waals surface area contributed by atoms with Crippen LogP contribution in [0, 0.1) is 0 Å². The highest BCUT2D eigenvalue weighted by Crippen LogP contribution is 2.26. The Morgan fingerprint density at radius 2 is 2.11 bits per heavy atom. The minimum atomic E-state index is -3.75. The van der Waals surface area contributed by atoms with Crippen LogP contribution in [0.2, 0.25) is 0 Å². The Hall–Kier alpha value is -1.64. The Labute approximate surface area is 110 Å². The van der Waals surface area contributed by atoms with Crippen molar-refractivity contribution >= 4 is 21.6 Å². The lowest BCUT2D eigenvalue weighted by Crippen LogP contribution is -2.30. The Bertz CT molecular complexity index is 614. The minimum absolute atomic E-state index is 0.0299. The molecule has 0 bridgehead atoms. The number of anilines is 1. The van der Waals surface area contributed by atoms with Crippen LogP contribution in [0.4, 0.5) is 5.69 Å². The molecule has 1 heterocycles. The van der Waals surface area contributed by atoms with Crippen LogP contribution in [0.3, 0.4) is 0 Å². The third kappa shape index (κ3) is 2.55. The number of nitrogen functional groups attached to an aromatic ring is 1. The molecule has 1 unspecified atom stereocenters. The largest absolute Gasteiger partial charge is 0.398 e. The quantitative estimate of drug-likeness (QED) is 0.622. The Morgan fingerprint density at radius 1 is 1.42 bits per heavy atom. The van der Waals surface area contributed by atoms with E-state index in [4.69, 9.17) is 11.5 Å². The summed E-state index contributed by atoms with van der Waals surface area (Å²) in [5.41, 5.74) is 10.9. The van der Waals surface area contributed by atoms with Crippen molar-refractivity contribution in [2.24, 2.45) is 5.73 Å². The molecule has 2 rings (SSSR count). The number of nitrogens with zero attached hydrogens (tertiary/aromatic N) is 1. The van der Waals surface area contributed by atoms with Crippen molar-refractivity contribution in [1.82, 2.24) is 4.31 Å². The van der Waals surface area contributed by atoms with Gasteiger partial charge >= 0.3 is 0 Å². The summed E-state index contributed by atoms with van der Waals surface area (Å²) in [6.07, 6.45) is -0.251. The van der Waals surface area contributed by atoms with E-state index in [1.165, 1.54) is 22.5 Å². The number of carbonyl (C=O) groups excluding carboxylic acids is 1. The maximum atomic E-state index is 12.3. The molecule has 1 saturated heterocycles. The molecule has 1 aromatic carbocycles. The number of carbonyl (C=O) groups is 1. The van der Waals surface area contributed by atoms with Crippen molar-refractivity contribution in [3.63, 3.8) is 0 Å². The van der Waals surface area contributed by atoms with Crippen LogP contribution in [0.25, 0.3) is 0 Å². The van der Waals surface area contributed by atoms with Crippen LogP contribution in [-0.2, 0) is 10.0 Å². The number of aliphatic hydroxyl groups excluding tert-OH is 1. The third-order valence-corrected chi connectivity index (χ3v) is 4.98. The van der Waals surface area contributed by atoms with Gasteiger partial charge in [-0.15, -0.1) is 0 Å². The Kier molecular flexibility index (Phi) is 3.48. The monoisotopic (exact) mass is 285 g/mol. The molecule has 1 amide bonds. The number of sulfonamides is 1. The molecule has 0 spiro atoms. The summed E-state index contributed by atoms with van der Waals surface area (Å²) in [4.78, 5) is 10.9. The van der Waals surface area contributed by atoms with Crippen LogP contribution in [0.15, 0.2) is 23.1 Å². The fourth-order valence-electron chi connectivity index (χ4n) is 2.00. The van der Waals surface area contributed by atoms with Crippen LogP contribution in [0.5, 0.6) is 0 Å². The smallest absolute Gasteiger partial charge is 0.248 e. The van der Waals surface area contributed by atoms with Gasteiger partial charge in [0.05, 0.1) is 11.8 Å². The molecule has 1 aliphatic rings. The van der Waals surface area contributed by atoms with Gasteiger partial charge in [0, 0.05) is 18.7 Å². The molecule has 1 aromatic rings. The fourth-order valence-corrected chi connectivity index (χ4v) is 3.59. The van der Waals surface area contributed by atoms with Gasteiger partial charge in [-0.3, -0.25) is 4.79 Å². The summed E-state index contributed by atoms with van der Waals surface area (Å²) >= 11 is 0. The molecule has 8 heteroatoms. The van der Waals surface area contributed by atoms with Crippen molar-refractivity contribution in [2.75, 3.05) is 18.8 Å². The molecule has 5 N–H and O–H groups in total. The SMILES string of the molecule is NC(=O)c1ccc(S(=O)(=O)N2CCC(O)C2)c(N)c1. The van der Waals surface area contributed by atoms with Crippen LogP contribution in [0.1, 0.15) is 16.8 Å².